The van der Waals surface area contributed by atoms with Crippen molar-refractivity contribution in [3.8, 4) is 0 Å². The van der Waals surface area contributed by atoms with E-state index in [9.17, 15) is 18.0 Å². The van der Waals surface area contributed by atoms with Gasteiger partial charge in [-0.25, -0.2) is 4.79 Å². The van der Waals surface area contributed by atoms with Crippen LogP contribution in [-0.4, -0.2) is 79.4 Å². The zero-order valence-corrected chi connectivity index (χ0v) is 18.3. The number of hydrogen-bond donors (Lipinski definition) is 1. The van der Waals surface area contributed by atoms with Gasteiger partial charge in [0.05, 0.1) is 13.0 Å². The van der Waals surface area contributed by atoms with Gasteiger partial charge in [-0.15, -0.1) is 0 Å². The number of nitrogens with zero attached hydrogens (tertiary/aromatic N) is 2. The lowest BCUT2D eigenvalue weighted by Gasteiger charge is -2.30. The second kappa shape index (κ2) is 10.2. The standard InChI is InChI=1S/C21H30N2O2.C2HF3O2/c1-25-14-19-13-22(12-18-7-8-18)15-21(19)9-10-23(16-21)20(24)11-17-5-3-2-4-6-17;3-2(4,5)1(6)7/h2-6,18-19H,7-16H2,1H3;(H,6,7)/t19-,21-;/m1./s1. The number of carboxylic acids is 1. The van der Waals surface area contributed by atoms with Gasteiger partial charge in [-0.1, -0.05) is 30.3 Å². The second-order valence-corrected chi connectivity index (χ2v) is 9.18. The topological polar surface area (TPSA) is 70.1 Å². The van der Waals surface area contributed by atoms with Crippen LogP contribution in [0.2, 0.25) is 0 Å². The lowest BCUT2D eigenvalue weighted by molar-refractivity contribution is -0.192. The molecule has 9 heteroatoms. The van der Waals surface area contributed by atoms with Crippen molar-refractivity contribution >= 4 is 11.9 Å². The molecule has 3 fully saturated rings. The Morgan fingerprint density at radius 1 is 1.19 bits per heavy atom. The molecule has 178 valence electrons. The van der Waals surface area contributed by atoms with Crippen LogP contribution in [0.4, 0.5) is 13.2 Å². The van der Waals surface area contributed by atoms with Crippen molar-refractivity contribution in [1.29, 1.82) is 0 Å². The van der Waals surface area contributed by atoms with Crippen LogP contribution in [-0.2, 0) is 20.7 Å². The molecule has 1 aromatic rings. The van der Waals surface area contributed by atoms with E-state index in [1.807, 2.05) is 37.4 Å². The first-order valence-corrected chi connectivity index (χ1v) is 11.0. The molecule has 0 aromatic heterocycles. The number of rotatable bonds is 6. The average molecular weight is 457 g/mol. The van der Waals surface area contributed by atoms with Crippen LogP contribution in [0.15, 0.2) is 30.3 Å². The molecule has 4 rings (SSSR count). The summed E-state index contributed by atoms with van der Waals surface area (Å²) < 4.78 is 37.3. The van der Waals surface area contributed by atoms with Gasteiger partial charge in [-0.3, -0.25) is 4.79 Å². The molecular formula is C23H31F3N2O4. The van der Waals surface area contributed by atoms with Gasteiger partial charge in [0.1, 0.15) is 0 Å². The molecule has 0 radical (unpaired) electrons. The van der Waals surface area contributed by atoms with Crippen molar-refractivity contribution in [3.63, 3.8) is 0 Å². The molecule has 6 nitrogen and oxygen atoms in total. The molecule has 0 unspecified atom stereocenters. The minimum absolute atomic E-state index is 0.247. The predicted octanol–water partition coefficient (Wildman–Crippen LogP) is 3.07. The number of hydrogen-bond acceptors (Lipinski definition) is 4. The summed E-state index contributed by atoms with van der Waals surface area (Å²) in [6.45, 7) is 6.18. The fraction of sp³-hybridized carbons (Fsp3) is 0.652. The number of ether oxygens (including phenoxy) is 1. The van der Waals surface area contributed by atoms with Gasteiger partial charge in [-0.2, -0.15) is 13.2 Å². The molecule has 3 aliphatic rings. The number of benzene rings is 1. The SMILES string of the molecule is COC[C@H]1CN(CC2CC2)C[C@@]12CCN(C(=O)Cc1ccccc1)C2.O=C(O)C(F)(F)F. The Labute approximate surface area is 186 Å². The molecular weight excluding hydrogens is 425 g/mol. The van der Waals surface area contributed by atoms with Gasteiger partial charge >= 0.3 is 12.1 Å². The first-order chi connectivity index (χ1) is 15.1. The van der Waals surface area contributed by atoms with Crippen LogP contribution < -0.4 is 0 Å². The van der Waals surface area contributed by atoms with E-state index in [0.717, 1.165) is 50.7 Å². The largest absolute Gasteiger partial charge is 0.490 e. The van der Waals surface area contributed by atoms with Crippen molar-refractivity contribution in [2.75, 3.05) is 46.4 Å². The highest BCUT2D eigenvalue weighted by Gasteiger charge is 2.51. The number of carbonyl (C=O) groups excluding carboxylic acids is 1. The molecule has 2 saturated heterocycles. The van der Waals surface area contributed by atoms with Gasteiger partial charge in [0.25, 0.3) is 0 Å². The summed E-state index contributed by atoms with van der Waals surface area (Å²) in [4.78, 5) is 26.4. The number of carbonyl (C=O) groups is 2. The molecule has 1 aliphatic carbocycles. The third-order valence-electron chi connectivity index (χ3n) is 6.64. The summed E-state index contributed by atoms with van der Waals surface area (Å²) in [5.74, 6) is -0.992. The van der Waals surface area contributed by atoms with Gasteiger partial charge in [0.15, 0.2) is 0 Å². The molecule has 1 aromatic carbocycles. The Kier molecular flexibility index (Phi) is 7.82. The van der Waals surface area contributed by atoms with Crippen LogP contribution in [0.25, 0.3) is 0 Å². The average Bonchev–Trinajstić information content (AvgIpc) is 3.34. The summed E-state index contributed by atoms with van der Waals surface area (Å²) in [5, 5.41) is 7.12. The zero-order chi connectivity index (χ0) is 23.4. The molecule has 32 heavy (non-hydrogen) atoms. The fourth-order valence-corrected chi connectivity index (χ4v) is 4.83. The number of likely N-dealkylation sites (tertiary alicyclic amines) is 2. The number of methoxy groups -OCH3 is 1. The van der Waals surface area contributed by atoms with Gasteiger partial charge in [-0.05, 0) is 30.7 Å². The number of halogens is 3. The maximum Gasteiger partial charge on any atom is 0.490 e. The van der Waals surface area contributed by atoms with Crippen LogP contribution in [0.5, 0.6) is 0 Å². The molecule has 1 spiro atoms. The van der Waals surface area contributed by atoms with Crippen molar-refractivity contribution < 1.29 is 32.6 Å². The summed E-state index contributed by atoms with van der Waals surface area (Å²) >= 11 is 0. The molecule has 0 bridgehead atoms. The van der Waals surface area contributed by atoms with E-state index in [1.54, 1.807) is 0 Å². The van der Waals surface area contributed by atoms with Gasteiger partial charge < -0.3 is 19.6 Å². The Morgan fingerprint density at radius 3 is 2.41 bits per heavy atom. The van der Waals surface area contributed by atoms with Crippen molar-refractivity contribution in [3.05, 3.63) is 35.9 Å². The van der Waals surface area contributed by atoms with E-state index in [0.29, 0.717) is 12.3 Å². The number of amides is 1. The van der Waals surface area contributed by atoms with Crippen LogP contribution >= 0.6 is 0 Å². The number of alkyl halides is 3. The summed E-state index contributed by atoms with van der Waals surface area (Å²) in [5.41, 5.74) is 1.36. The highest BCUT2D eigenvalue weighted by atomic mass is 19.4. The van der Waals surface area contributed by atoms with Crippen LogP contribution in [0, 0.1) is 17.3 Å². The molecule has 1 amide bonds. The zero-order valence-electron chi connectivity index (χ0n) is 18.3. The monoisotopic (exact) mass is 456 g/mol. The first-order valence-electron chi connectivity index (χ1n) is 11.0. The van der Waals surface area contributed by atoms with Crippen molar-refractivity contribution in [1.82, 2.24) is 9.80 Å². The van der Waals surface area contributed by atoms with Crippen molar-refractivity contribution in [2.24, 2.45) is 17.3 Å². The Bertz CT molecular complexity index is 785. The molecule has 2 atom stereocenters. The minimum Gasteiger partial charge on any atom is -0.475 e. The number of aliphatic carboxylic acids is 1. The fourth-order valence-electron chi connectivity index (χ4n) is 4.83. The molecule has 2 aliphatic heterocycles. The first kappa shape index (κ1) is 24.5. The van der Waals surface area contributed by atoms with E-state index < -0.39 is 12.1 Å². The lowest BCUT2D eigenvalue weighted by Crippen LogP contribution is -2.38. The predicted molar refractivity (Wildman–Crippen MR) is 112 cm³/mol. The Hall–Kier alpha value is -2.13. The molecule has 1 saturated carbocycles. The summed E-state index contributed by atoms with van der Waals surface area (Å²) in [6, 6.07) is 10.1. The smallest absolute Gasteiger partial charge is 0.475 e. The number of carboxylic acid groups (broad SMARTS) is 1. The van der Waals surface area contributed by atoms with Crippen LogP contribution in [0.3, 0.4) is 0 Å². The summed E-state index contributed by atoms with van der Waals surface area (Å²) in [6.07, 6.45) is -0.624. The van der Waals surface area contributed by atoms with Gasteiger partial charge in [0.2, 0.25) is 5.91 Å². The van der Waals surface area contributed by atoms with Crippen molar-refractivity contribution in [2.45, 2.75) is 31.9 Å². The van der Waals surface area contributed by atoms with E-state index in [-0.39, 0.29) is 11.3 Å². The third kappa shape index (κ3) is 6.45. The lowest BCUT2D eigenvalue weighted by atomic mass is 9.77. The van der Waals surface area contributed by atoms with E-state index >= 15 is 0 Å². The second-order valence-electron chi connectivity index (χ2n) is 9.18. The quantitative estimate of drug-likeness (QED) is 0.713. The highest BCUT2D eigenvalue weighted by Crippen LogP contribution is 2.45. The normalized spacial score (nSPS) is 25.6. The minimum atomic E-state index is -5.08. The Morgan fingerprint density at radius 2 is 1.84 bits per heavy atom. The molecule has 1 N–H and O–H groups in total. The van der Waals surface area contributed by atoms with E-state index in [1.165, 1.54) is 19.4 Å². The maximum absolute atomic E-state index is 12.8. The maximum atomic E-state index is 12.8. The molecule has 2 heterocycles. The summed E-state index contributed by atoms with van der Waals surface area (Å²) in [7, 11) is 1.81. The Balaban J connectivity index is 0.000000360. The highest BCUT2D eigenvalue weighted by molar-refractivity contribution is 5.79. The van der Waals surface area contributed by atoms with Gasteiger partial charge in [0, 0.05) is 51.2 Å². The van der Waals surface area contributed by atoms with E-state index in [4.69, 9.17) is 14.6 Å². The third-order valence-corrected chi connectivity index (χ3v) is 6.64. The van der Waals surface area contributed by atoms with Crippen LogP contribution in [0.1, 0.15) is 24.8 Å². The van der Waals surface area contributed by atoms with E-state index in [2.05, 4.69) is 9.80 Å².